The van der Waals surface area contributed by atoms with Gasteiger partial charge in [0.15, 0.2) is 12.4 Å². The number of hydrogen-bond acceptors (Lipinski definition) is 7. The highest BCUT2D eigenvalue weighted by molar-refractivity contribution is 7.86. The Morgan fingerprint density at radius 3 is 2.85 bits per heavy atom. The molecule has 0 saturated carbocycles. The largest absolute Gasteiger partial charge is 0.493 e. The Labute approximate surface area is 118 Å². The van der Waals surface area contributed by atoms with Crippen molar-refractivity contribution in [3.8, 4) is 0 Å². The Kier molecular flexibility index (Phi) is 5.39. The van der Waals surface area contributed by atoms with Gasteiger partial charge in [-0.15, -0.1) is 0 Å². The van der Waals surface area contributed by atoms with Crippen molar-refractivity contribution in [3.05, 3.63) is 12.3 Å². The third-order valence-corrected chi connectivity index (χ3v) is 3.67. The lowest BCUT2D eigenvalue weighted by Crippen LogP contribution is -2.46. The van der Waals surface area contributed by atoms with Crippen LogP contribution in [0.2, 0.25) is 0 Å². The van der Waals surface area contributed by atoms with Crippen LogP contribution in [0.5, 0.6) is 0 Å². The standard InChI is InChI=1S/C12H20O7S/c1-20(14,15)19-12-9(13)5-7-16-10(12)8-18-11-4-2-3-6-17-11/h5,7,9-13H,2-4,6,8H2,1H3/t9-,10-,11-,12+/m1/s1. The number of aliphatic hydroxyl groups excluding tert-OH is 1. The highest BCUT2D eigenvalue weighted by Crippen LogP contribution is 2.20. The van der Waals surface area contributed by atoms with Gasteiger partial charge in [0.05, 0.1) is 19.1 Å². The first kappa shape index (κ1) is 15.7. The molecule has 0 aromatic carbocycles. The number of aliphatic hydroxyl groups is 1. The molecule has 1 saturated heterocycles. The quantitative estimate of drug-likeness (QED) is 0.723. The number of rotatable bonds is 5. The first-order valence-corrected chi connectivity index (χ1v) is 8.39. The van der Waals surface area contributed by atoms with E-state index in [1.54, 1.807) is 0 Å². The summed E-state index contributed by atoms with van der Waals surface area (Å²) < 4.78 is 43.6. The van der Waals surface area contributed by atoms with Crippen molar-refractivity contribution in [1.29, 1.82) is 0 Å². The average Bonchev–Trinajstić information content (AvgIpc) is 2.39. The fourth-order valence-electron chi connectivity index (χ4n) is 2.13. The Morgan fingerprint density at radius 2 is 2.20 bits per heavy atom. The van der Waals surface area contributed by atoms with Crippen LogP contribution in [0.15, 0.2) is 12.3 Å². The van der Waals surface area contributed by atoms with E-state index < -0.39 is 28.4 Å². The molecule has 0 bridgehead atoms. The van der Waals surface area contributed by atoms with Crippen molar-refractivity contribution in [2.75, 3.05) is 19.5 Å². The molecular formula is C12H20O7S. The van der Waals surface area contributed by atoms with Gasteiger partial charge in [-0.1, -0.05) is 0 Å². The zero-order valence-corrected chi connectivity index (χ0v) is 12.1. The van der Waals surface area contributed by atoms with E-state index in [4.69, 9.17) is 18.4 Å². The molecule has 0 aromatic heterocycles. The van der Waals surface area contributed by atoms with Crippen LogP contribution in [0.1, 0.15) is 19.3 Å². The molecule has 0 aliphatic carbocycles. The maximum Gasteiger partial charge on any atom is 0.264 e. The first-order chi connectivity index (χ1) is 9.46. The summed E-state index contributed by atoms with van der Waals surface area (Å²) in [7, 11) is -3.69. The van der Waals surface area contributed by atoms with Crippen LogP contribution >= 0.6 is 0 Å². The molecule has 1 N–H and O–H groups in total. The number of hydrogen-bond donors (Lipinski definition) is 1. The molecule has 0 radical (unpaired) electrons. The summed E-state index contributed by atoms with van der Waals surface area (Å²) in [6, 6.07) is 0. The summed E-state index contributed by atoms with van der Waals surface area (Å²) in [5.41, 5.74) is 0. The fraction of sp³-hybridized carbons (Fsp3) is 0.833. The molecule has 7 nitrogen and oxygen atoms in total. The lowest BCUT2D eigenvalue weighted by molar-refractivity contribution is -0.187. The maximum absolute atomic E-state index is 11.2. The van der Waals surface area contributed by atoms with Crippen LogP contribution in [0.3, 0.4) is 0 Å². The predicted octanol–water partition coefficient (Wildman–Crippen LogP) is 0.148. The maximum atomic E-state index is 11.2. The Hall–Kier alpha value is -0.670. The van der Waals surface area contributed by atoms with Gasteiger partial charge in [-0.25, -0.2) is 0 Å². The van der Waals surface area contributed by atoms with Gasteiger partial charge in [0.1, 0.15) is 12.2 Å². The minimum atomic E-state index is -3.69. The van der Waals surface area contributed by atoms with E-state index in [-0.39, 0.29) is 12.9 Å². The van der Waals surface area contributed by atoms with Gasteiger partial charge in [0.25, 0.3) is 10.1 Å². The monoisotopic (exact) mass is 308 g/mol. The zero-order valence-electron chi connectivity index (χ0n) is 11.3. The average molecular weight is 308 g/mol. The van der Waals surface area contributed by atoms with Gasteiger partial charge in [-0.3, -0.25) is 4.18 Å². The van der Waals surface area contributed by atoms with Crippen LogP contribution in [0.25, 0.3) is 0 Å². The SMILES string of the molecule is CS(=O)(=O)O[C@H]1[C@H](O)C=CO[C@@H]1CO[C@@H]1CCCCO1. The molecule has 116 valence electrons. The van der Waals surface area contributed by atoms with Crippen LogP contribution < -0.4 is 0 Å². The third kappa shape index (κ3) is 4.71. The summed E-state index contributed by atoms with van der Waals surface area (Å²) >= 11 is 0. The summed E-state index contributed by atoms with van der Waals surface area (Å²) in [4.78, 5) is 0. The van der Waals surface area contributed by atoms with Gasteiger partial charge in [0.2, 0.25) is 0 Å². The molecular weight excluding hydrogens is 288 g/mol. The summed E-state index contributed by atoms with van der Waals surface area (Å²) in [6.45, 7) is 0.744. The van der Waals surface area contributed by atoms with E-state index >= 15 is 0 Å². The van der Waals surface area contributed by atoms with Crippen molar-refractivity contribution >= 4 is 10.1 Å². The van der Waals surface area contributed by atoms with E-state index in [2.05, 4.69) is 0 Å². The second kappa shape index (κ2) is 6.86. The molecule has 2 heterocycles. The zero-order chi connectivity index (χ0) is 14.6. The topological polar surface area (TPSA) is 91.3 Å². The Morgan fingerprint density at radius 1 is 1.40 bits per heavy atom. The van der Waals surface area contributed by atoms with Crippen molar-refractivity contribution in [3.63, 3.8) is 0 Å². The molecule has 2 rings (SSSR count). The highest BCUT2D eigenvalue weighted by Gasteiger charge is 2.35. The molecule has 20 heavy (non-hydrogen) atoms. The van der Waals surface area contributed by atoms with Gasteiger partial charge in [-0.05, 0) is 25.3 Å². The number of ether oxygens (including phenoxy) is 3. The van der Waals surface area contributed by atoms with Crippen LogP contribution in [0, 0.1) is 0 Å². The summed E-state index contributed by atoms with van der Waals surface area (Å²) in [5, 5.41) is 9.80. The molecule has 0 aromatic rings. The minimum Gasteiger partial charge on any atom is -0.493 e. The smallest absolute Gasteiger partial charge is 0.264 e. The van der Waals surface area contributed by atoms with Crippen molar-refractivity contribution < 1.29 is 31.9 Å². The van der Waals surface area contributed by atoms with Gasteiger partial charge in [-0.2, -0.15) is 8.42 Å². The lowest BCUT2D eigenvalue weighted by Gasteiger charge is -2.32. The van der Waals surface area contributed by atoms with Gasteiger partial charge in [0, 0.05) is 6.61 Å². The summed E-state index contributed by atoms with van der Waals surface area (Å²) in [6.07, 6.45) is 3.35. The van der Waals surface area contributed by atoms with Crippen molar-refractivity contribution in [1.82, 2.24) is 0 Å². The lowest BCUT2D eigenvalue weighted by atomic mass is 10.1. The van der Waals surface area contributed by atoms with E-state index in [1.807, 2.05) is 0 Å². The third-order valence-electron chi connectivity index (χ3n) is 3.10. The van der Waals surface area contributed by atoms with Crippen LogP contribution in [-0.2, 0) is 28.5 Å². The van der Waals surface area contributed by atoms with Crippen molar-refractivity contribution in [2.45, 2.75) is 43.9 Å². The minimum absolute atomic E-state index is 0.0895. The first-order valence-electron chi connectivity index (χ1n) is 6.57. The van der Waals surface area contributed by atoms with Gasteiger partial charge < -0.3 is 19.3 Å². The van der Waals surface area contributed by atoms with E-state index in [9.17, 15) is 13.5 Å². The molecule has 2 aliphatic rings. The van der Waals surface area contributed by atoms with Gasteiger partial charge >= 0.3 is 0 Å². The molecule has 1 fully saturated rings. The molecule has 2 aliphatic heterocycles. The molecule has 0 unspecified atom stereocenters. The molecule has 4 atom stereocenters. The normalized spacial score (nSPS) is 34.7. The predicted molar refractivity (Wildman–Crippen MR) is 69.3 cm³/mol. The molecule has 0 amide bonds. The van der Waals surface area contributed by atoms with E-state index in [0.29, 0.717) is 6.61 Å². The van der Waals surface area contributed by atoms with E-state index in [1.165, 1.54) is 12.3 Å². The van der Waals surface area contributed by atoms with Crippen LogP contribution in [-0.4, -0.2) is 57.6 Å². The van der Waals surface area contributed by atoms with Crippen molar-refractivity contribution in [2.24, 2.45) is 0 Å². The van der Waals surface area contributed by atoms with E-state index in [0.717, 1.165) is 25.5 Å². The summed E-state index contributed by atoms with van der Waals surface area (Å²) in [5.74, 6) is 0. The second-order valence-corrected chi connectivity index (χ2v) is 6.49. The second-order valence-electron chi connectivity index (χ2n) is 4.89. The Bertz CT molecular complexity index is 427. The fourth-order valence-corrected chi connectivity index (χ4v) is 2.77. The molecule has 0 spiro atoms. The Balaban J connectivity index is 1.91. The van der Waals surface area contributed by atoms with Crippen LogP contribution in [0.4, 0.5) is 0 Å². The molecule has 8 heteroatoms. The highest BCUT2D eigenvalue weighted by atomic mass is 32.2.